The number of rotatable bonds is 4. The van der Waals surface area contributed by atoms with E-state index in [9.17, 15) is 4.39 Å². The number of hydrogen-bond acceptors (Lipinski definition) is 3. The van der Waals surface area contributed by atoms with Crippen LogP contribution in [0.4, 0.5) is 10.1 Å². The molecule has 1 aromatic carbocycles. The molecule has 1 aromatic heterocycles. The molecule has 3 nitrogen and oxygen atoms in total. The first kappa shape index (κ1) is 12.4. The topological polar surface area (TPSA) is 50.9 Å². The summed E-state index contributed by atoms with van der Waals surface area (Å²) < 4.78 is 13.7. The molecular formula is C13H12FN3S. The van der Waals surface area contributed by atoms with Gasteiger partial charge in [-0.2, -0.15) is 0 Å². The van der Waals surface area contributed by atoms with E-state index in [1.807, 2.05) is 18.2 Å². The Morgan fingerprint density at radius 2 is 2.17 bits per heavy atom. The number of pyridine rings is 1. The highest BCUT2D eigenvalue weighted by Crippen LogP contribution is 2.16. The van der Waals surface area contributed by atoms with Crippen molar-refractivity contribution in [1.29, 1.82) is 0 Å². The monoisotopic (exact) mass is 261 g/mol. The Labute approximate surface area is 110 Å². The Balaban J connectivity index is 2.08. The predicted molar refractivity (Wildman–Crippen MR) is 73.9 cm³/mol. The van der Waals surface area contributed by atoms with E-state index in [1.54, 1.807) is 18.3 Å². The molecule has 0 aliphatic rings. The van der Waals surface area contributed by atoms with Crippen LogP contribution in [0, 0.1) is 5.82 Å². The van der Waals surface area contributed by atoms with Gasteiger partial charge in [-0.05, 0) is 30.3 Å². The minimum Gasteiger partial charge on any atom is -0.389 e. The second kappa shape index (κ2) is 5.55. The van der Waals surface area contributed by atoms with Crippen LogP contribution < -0.4 is 11.1 Å². The number of nitrogens with zero attached hydrogens (tertiary/aromatic N) is 1. The molecule has 3 N–H and O–H groups in total. The summed E-state index contributed by atoms with van der Waals surface area (Å²) in [6.07, 6.45) is 1.70. The molecule has 0 saturated heterocycles. The summed E-state index contributed by atoms with van der Waals surface area (Å²) in [7, 11) is 0. The molecule has 0 spiro atoms. The Morgan fingerprint density at radius 3 is 2.78 bits per heavy atom. The van der Waals surface area contributed by atoms with Crippen LogP contribution in [-0.4, -0.2) is 9.97 Å². The molecule has 0 saturated carbocycles. The zero-order chi connectivity index (χ0) is 13.0. The SMILES string of the molecule is NC(=S)c1ccc(NCc2ccccn2)c(F)c1. The lowest BCUT2D eigenvalue weighted by atomic mass is 10.2. The van der Waals surface area contributed by atoms with Crippen molar-refractivity contribution in [2.24, 2.45) is 5.73 Å². The van der Waals surface area contributed by atoms with Gasteiger partial charge < -0.3 is 11.1 Å². The van der Waals surface area contributed by atoms with Gasteiger partial charge in [-0.3, -0.25) is 4.98 Å². The minimum atomic E-state index is -0.378. The predicted octanol–water partition coefficient (Wildman–Crippen LogP) is 2.47. The van der Waals surface area contributed by atoms with Gasteiger partial charge >= 0.3 is 0 Å². The van der Waals surface area contributed by atoms with Gasteiger partial charge in [0.05, 0.1) is 17.9 Å². The highest BCUT2D eigenvalue weighted by atomic mass is 32.1. The summed E-state index contributed by atoms with van der Waals surface area (Å²) in [5, 5.41) is 2.97. The third-order valence-corrected chi connectivity index (χ3v) is 2.68. The van der Waals surface area contributed by atoms with Crippen molar-refractivity contribution >= 4 is 22.9 Å². The first-order valence-electron chi connectivity index (χ1n) is 5.40. The van der Waals surface area contributed by atoms with E-state index in [0.717, 1.165) is 5.69 Å². The minimum absolute atomic E-state index is 0.185. The van der Waals surface area contributed by atoms with Crippen LogP contribution in [0.15, 0.2) is 42.6 Å². The van der Waals surface area contributed by atoms with Crippen LogP contribution in [0.1, 0.15) is 11.3 Å². The molecule has 2 rings (SSSR count). The van der Waals surface area contributed by atoms with Gasteiger partial charge in [0.15, 0.2) is 0 Å². The molecule has 0 bridgehead atoms. The number of aromatic nitrogens is 1. The molecule has 5 heteroatoms. The molecule has 0 aliphatic carbocycles. The van der Waals surface area contributed by atoms with Crippen LogP contribution in [0.2, 0.25) is 0 Å². The molecule has 18 heavy (non-hydrogen) atoms. The molecule has 2 aromatic rings. The molecule has 0 amide bonds. The van der Waals surface area contributed by atoms with Gasteiger partial charge in [0, 0.05) is 11.8 Å². The van der Waals surface area contributed by atoms with Crippen molar-refractivity contribution in [3.63, 3.8) is 0 Å². The molecule has 0 unspecified atom stereocenters. The fourth-order valence-corrected chi connectivity index (χ4v) is 1.63. The summed E-state index contributed by atoms with van der Waals surface area (Å²) in [4.78, 5) is 4.33. The molecular weight excluding hydrogens is 249 g/mol. The summed E-state index contributed by atoms with van der Waals surface area (Å²) in [5.41, 5.74) is 7.20. The maximum Gasteiger partial charge on any atom is 0.146 e. The summed E-state index contributed by atoms with van der Waals surface area (Å²) >= 11 is 4.79. The fraction of sp³-hybridized carbons (Fsp3) is 0.0769. The normalized spacial score (nSPS) is 10.1. The second-order valence-corrected chi connectivity index (χ2v) is 4.17. The van der Waals surface area contributed by atoms with Gasteiger partial charge in [-0.25, -0.2) is 4.39 Å². The molecule has 0 radical (unpaired) electrons. The molecule has 0 aliphatic heterocycles. The van der Waals surface area contributed by atoms with Gasteiger partial charge in [-0.1, -0.05) is 18.3 Å². The number of hydrogen-bond donors (Lipinski definition) is 2. The van der Waals surface area contributed by atoms with E-state index in [2.05, 4.69) is 10.3 Å². The van der Waals surface area contributed by atoms with E-state index >= 15 is 0 Å². The fourth-order valence-electron chi connectivity index (χ4n) is 1.50. The number of anilines is 1. The van der Waals surface area contributed by atoms with Crippen LogP contribution in [0.25, 0.3) is 0 Å². The number of benzene rings is 1. The van der Waals surface area contributed by atoms with Crippen molar-refractivity contribution in [3.05, 3.63) is 59.7 Å². The zero-order valence-corrected chi connectivity index (χ0v) is 10.4. The number of halogens is 1. The highest BCUT2D eigenvalue weighted by molar-refractivity contribution is 7.80. The quantitative estimate of drug-likeness (QED) is 0.830. The van der Waals surface area contributed by atoms with Crippen molar-refractivity contribution < 1.29 is 4.39 Å². The van der Waals surface area contributed by atoms with Gasteiger partial charge in [0.25, 0.3) is 0 Å². The number of nitrogens with two attached hydrogens (primary N) is 1. The number of thiocarbonyl (C=S) groups is 1. The third-order valence-electron chi connectivity index (χ3n) is 2.44. The summed E-state index contributed by atoms with van der Waals surface area (Å²) in [5.74, 6) is -0.378. The van der Waals surface area contributed by atoms with E-state index in [4.69, 9.17) is 18.0 Å². The van der Waals surface area contributed by atoms with E-state index in [1.165, 1.54) is 6.07 Å². The van der Waals surface area contributed by atoms with Gasteiger partial charge in [-0.15, -0.1) is 0 Å². The molecule has 1 heterocycles. The molecule has 0 atom stereocenters. The smallest absolute Gasteiger partial charge is 0.146 e. The Bertz CT molecular complexity index is 557. The first-order chi connectivity index (χ1) is 8.66. The lowest BCUT2D eigenvalue weighted by Crippen LogP contribution is -2.10. The Kier molecular flexibility index (Phi) is 3.84. The van der Waals surface area contributed by atoms with Gasteiger partial charge in [0.1, 0.15) is 10.8 Å². The van der Waals surface area contributed by atoms with Crippen molar-refractivity contribution in [3.8, 4) is 0 Å². The summed E-state index contributed by atoms with van der Waals surface area (Å²) in [6.45, 7) is 0.462. The van der Waals surface area contributed by atoms with E-state index in [0.29, 0.717) is 17.8 Å². The van der Waals surface area contributed by atoms with Crippen molar-refractivity contribution in [2.75, 3.05) is 5.32 Å². The third kappa shape index (κ3) is 3.01. The van der Waals surface area contributed by atoms with E-state index < -0.39 is 0 Å². The van der Waals surface area contributed by atoms with Crippen LogP contribution >= 0.6 is 12.2 Å². The first-order valence-corrected chi connectivity index (χ1v) is 5.81. The largest absolute Gasteiger partial charge is 0.389 e. The van der Waals surface area contributed by atoms with Crippen molar-refractivity contribution in [2.45, 2.75) is 6.54 Å². The summed E-state index contributed by atoms with van der Waals surface area (Å²) in [6, 6.07) is 10.2. The Hall–Kier alpha value is -2.01. The average Bonchev–Trinajstić information content (AvgIpc) is 2.38. The average molecular weight is 261 g/mol. The van der Waals surface area contributed by atoms with Crippen LogP contribution in [-0.2, 0) is 6.54 Å². The van der Waals surface area contributed by atoms with Crippen LogP contribution in [0.5, 0.6) is 0 Å². The standard InChI is InChI=1S/C13H12FN3S/c14-11-7-9(13(15)18)4-5-12(11)17-8-10-3-1-2-6-16-10/h1-7,17H,8H2,(H2,15,18). The van der Waals surface area contributed by atoms with Crippen molar-refractivity contribution in [1.82, 2.24) is 4.98 Å². The maximum atomic E-state index is 13.7. The molecule has 92 valence electrons. The van der Waals surface area contributed by atoms with Gasteiger partial charge in [0.2, 0.25) is 0 Å². The number of nitrogens with one attached hydrogen (secondary N) is 1. The lowest BCUT2D eigenvalue weighted by Gasteiger charge is -2.08. The van der Waals surface area contributed by atoms with Crippen LogP contribution in [0.3, 0.4) is 0 Å². The maximum absolute atomic E-state index is 13.7. The Morgan fingerprint density at radius 1 is 1.33 bits per heavy atom. The lowest BCUT2D eigenvalue weighted by molar-refractivity contribution is 0.629. The molecule has 0 fully saturated rings. The van der Waals surface area contributed by atoms with E-state index in [-0.39, 0.29) is 10.8 Å². The zero-order valence-electron chi connectivity index (χ0n) is 9.56. The highest BCUT2D eigenvalue weighted by Gasteiger charge is 2.05. The second-order valence-electron chi connectivity index (χ2n) is 3.73.